The first-order valence-corrected chi connectivity index (χ1v) is 7.57. The second-order valence-electron chi connectivity index (χ2n) is 3.51. The maximum atomic E-state index is 12.0. The number of H-pyrrole nitrogens is 1. The van der Waals surface area contributed by atoms with Gasteiger partial charge < -0.3 is 0 Å². The average molecular weight is 351 g/mol. The van der Waals surface area contributed by atoms with Crippen molar-refractivity contribution in [2.24, 2.45) is 0 Å². The lowest BCUT2D eigenvalue weighted by Crippen LogP contribution is -2.23. The van der Waals surface area contributed by atoms with Gasteiger partial charge in [0.1, 0.15) is 4.90 Å². The van der Waals surface area contributed by atoms with Gasteiger partial charge in [-0.2, -0.15) is 5.10 Å². The highest BCUT2D eigenvalue weighted by atomic mass is 79.9. The molecule has 0 radical (unpaired) electrons. The third kappa shape index (κ3) is 3.11. The minimum Gasteiger partial charge on any atom is -0.285 e. The van der Waals surface area contributed by atoms with Gasteiger partial charge in [-0.05, 0) is 18.2 Å². The molecule has 0 aliphatic rings. The molecule has 1 aromatic heterocycles. The summed E-state index contributed by atoms with van der Waals surface area (Å²) in [6, 6.07) is 4.61. The minimum atomic E-state index is -3.63. The monoisotopic (exact) mass is 349 g/mol. The Bertz CT molecular complexity index is 643. The molecule has 2 rings (SSSR count). The van der Waals surface area contributed by atoms with Gasteiger partial charge in [-0.3, -0.25) is 5.10 Å². The molecule has 1 heterocycles. The van der Waals surface area contributed by atoms with Crippen molar-refractivity contribution < 1.29 is 8.42 Å². The Morgan fingerprint density at radius 3 is 2.83 bits per heavy atom. The van der Waals surface area contributed by atoms with E-state index in [1.165, 1.54) is 12.1 Å². The van der Waals surface area contributed by atoms with Gasteiger partial charge >= 0.3 is 0 Å². The Kier molecular flexibility index (Phi) is 4.06. The smallest absolute Gasteiger partial charge is 0.242 e. The molecular formula is C10H9BrClN3O2S. The fraction of sp³-hybridized carbons (Fsp3) is 0.100. The summed E-state index contributed by atoms with van der Waals surface area (Å²) in [5, 5.41) is 6.51. The van der Waals surface area contributed by atoms with Gasteiger partial charge in [0.05, 0.1) is 11.2 Å². The number of aromatic nitrogens is 2. The molecule has 5 nitrogen and oxygen atoms in total. The van der Waals surface area contributed by atoms with Crippen LogP contribution >= 0.6 is 27.5 Å². The number of sulfonamides is 1. The average Bonchev–Trinajstić information content (AvgIpc) is 2.78. The Balaban J connectivity index is 2.20. The number of rotatable bonds is 4. The number of halogens is 2. The van der Waals surface area contributed by atoms with Crippen LogP contribution in [0.3, 0.4) is 0 Å². The molecule has 0 saturated carbocycles. The van der Waals surface area contributed by atoms with E-state index in [1.807, 2.05) is 0 Å². The van der Waals surface area contributed by atoms with E-state index in [0.29, 0.717) is 0 Å². The molecule has 0 spiro atoms. The van der Waals surface area contributed by atoms with E-state index in [0.717, 1.165) is 10.0 Å². The van der Waals surface area contributed by atoms with E-state index in [-0.39, 0.29) is 16.5 Å². The Morgan fingerprint density at radius 1 is 1.44 bits per heavy atom. The van der Waals surface area contributed by atoms with Crippen LogP contribution in [-0.4, -0.2) is 18.6 Å². The number of benzene rings is 1. The van der Waals surface area contributed by atoms with Gasteiger partial charge in [-0.15, -0.1) is 0 Å². The topological polar surface area (TPSA) is 74.8 Å². The molecule has 0 fully saturated rings. The number of hydrogen-bond acceptors (Lipinski definition) is 3. The van der Waals surface area contributed by atoms with Crippen molar-refractivity contribution in [2.45, 2.75) is 11.4 Å². The van der Waals surface area contributed by atoms with Crippen molar-refractivity contribution in [2.75, 3.05) is 0 Å². The first-order valence-electron chi connectivity index (χ1n) is 4.91. The number of aromatic amines is 1. The highest BCUT2D eigenvalue weighted by Gasteiger charge is 2.17. The van der Waals surface area contributed by atoms with E-state index in [2.05, 4.69) is 30.8 Å². The number of hydrogen-bond donors (Lipinski definition) is 2. The number of nitrogens with one attached hydrogen (secondary N) is 2. The normalized spacial score (nSPS) is 11.7. The minimum absolute atomic E-state index is 0.0517. The lowest BCUT2D eigenvalue weighted by Gasteiger charge is -2.07. The van der Waals surface area contributed by atoms with E-state index < -0.39 is 10.0 Å². The molecular weight excluding hydrogens is 342 g/mol. The largest absolute Gasteiger partial charge is 0.285 e. The van der Waals surface area contributed by atoms with Crippen LogP contribution in [0.25, 0.3) is 0 Å². The summed E-state index contributed by atoms with van der Waals surface area (Å²) in [6.45, 7) is 0.158. The Morgan fingerprint density at radius 2 is 2.22 bits per heavy atom. The molecule has 0 unspecified atom stereocenters. The van der Waals surface area contributed by atoms with Gasteiger partial charge in [-0.25, -0.2) is 13.1 Å². The third-order valence-corrected chi connectivity index (χ3v) is 4.58. The fourth-order valence-electron chi connectivity index (χ4n) is 1.32. The maximum Gasteiger partial charge on any atom is 0.242 e. The summed E-state index contributed by atoms with van der Waals surface area (Å²) < 4.78 is 27.2. The molecule has 0 aliphatic carbocycles. The molecule has 0 aliphatic heterocycles. The lowest BCUT2D eigenvalue weighted by molar-refractivity contribution is 0.581. The molecule has 2 N–H and O–H groups in total. The van der Waals surface area contributed by atoms with Crippen LogP contribution in [0.15, 0.2) is 40.0 Å². The Labute approximate surface area is 118 Å². The zero-order valence-electron chi connectivity index (χ0n) is 9.02. The van der Waals surface area contributed by atoms with Crippen LogP contribution in [0.5, 0.6) is 0 Å². The van der Waals surface area contributed by atoms with Gasteiger partial charge in [0.25, 0.3) is 0 Å². The summed E-state index contributed by atoms with van der Waals surface area (Å²) in [5.41, 5.74) is 0.742. The van der Waals surface area contributed by atoms with Crippen molar-refractivity contribution in [3.05, 3.63) is 45.7 Å². The van der Waals surface area contributed by atoms with Crippen LogP contribution in [-0.2, 0) is 16.6 Å². The van der Waals surface area contributed by atoms with Crippen LogP contribution < -0.4 is 4.72 Å². The predicted octanol–water partition coefficient (Wildman–Crippen LogP) is 2.30. The zero-order valence-corrected chi connectivity index (χ0v) is 12.2. The molecule has 18 heavy (non-hydrogen) atoms. The standard InChI is InChI=1S/C10H9BrClN3O2S/c11-8-1-2-10(9(12)3-8)18(16,17)15-6-7-4-13-14-5-7/h1-5,15H,6H2,(H,13,14). The summed E-state index contributed by atoms with van der Waals surface area (Å²) in [6.07, 6.45) is 3.16. The van der Waals surface area contributed by atoms with Crippen molar-refractivity contribution in [1.29, 1.82) is 0 Å². The SMILES string of the molecule is O=S(=O)(NCc1cn[nH]c1)c1ccc(Br)cc1Cl. The molecule has 0 saturated heterocycles. The molecule has 0 amide bonds. The van der Waals surface area contributed by atoms with Crippen LogP contribution in [0.4, 0.5) is 0 Å². The van der Waals surface area contributed by atoms with Crippen LogP contribution in [0.2, 0.25) is 5.02 Å². The second kappa shape index (κ2) is 5.40. The van der Waals surface area contributed by atoms with E-state index in [4.69, 9.17) is 11.6 Å². The lowest BCUT2D eigenvalue weighted by atomic mass is 10.4. The molecule has 1 aromatic carbocycles. The zero-order chi connectivity index (χ0) is 13.2. The van der Waals surface area contributed by atoms with Crippen molar-refractivity contribution in [3.8, 4) is 0 Å². The van der Waals surface area contributed by atoms with Crippen molar-refractivity contribution in [3.63, 3.8) is 0 Å². The Hall–Kier alpha value is -0.890. The van der Waals surface area contributed by atoms with Crippen LogP contribution in [0, 0.1) is 0 Å². The third-order valence-electron chi connectivity index (χ3n) is 2.20. The van der Waals surface area contributed by atoms with E-state index in [9.17, 15) is 8.42 Å². The summed E-state index contributed by atoms with van der Waals surface area (Å²) in [5.74, 6) is 0. The van der Waals surface area contributed by atoms with E-state index >= 15 is 0 Å². The number of nitrogens with zero attached hydrogens (tertiary/aromatic N) is 1. The summed E-state index contributed by atoms with van der Waals surface area (Å²) >= 11 is 9.13. The first-order chi connectivity index (χ1) is 8.49. The predicted molar refractivity (Wildman–Crippen MR) is 71.8 cm³/mol. The second-order valence-corrected chi connectivity index (χ2v) is 6.56. The first kappa shape index (κ1) is 13.5. The molecule has 96 valence electrons. The molecule has 0 bridgehead atoms. The van der Waals surface area contributed by atoms with Crippen molar-refractivity contribution >= 4 is 37.6 Å². The van der Waals surface area contributed by atoms with Gasteiger partial charge in [0, 0.05) is 22.8 Å². The van der Waals surface area contributed by atoms with Crippen LogP contribution in [0.1, 0.15) is 5.56 Å². The van der Waals surface area contributed by atoms with Crippen molar-refractivity contribution in [1.82, 2.24) is 14.9 Å². The maximum absolute atomic E-state index is 12.0. The van der Waals surface area contributed by atoms with Gasteiger partial charge in [0.2, 0.25) is 10.0 Å². The molecule has 2 aromatic rings. The van der Waals surface area contributed by atoms with E-state index in [1.54, 1.807) is 18.5 Å². The van der Waals surface area contributed by atoms with Gasteiger partial charge in [0.15, 0.2) is 0 Å². The molecule has 8 heteroatoms. The highest BCUT2D eigenvalue weighted by molar-refractivity contribution is 9.10. The highest BCUT2D eigenvalue weighted by Crippen LogP contribution is 2.25. The van der Waals surface area contributed by atoms with Gasteiger partial charge in [-0.1, -0.05) is 27.5 Å². The summed E-state index contributed by atoms with van der Waals surface area (Å²) in [4.78, 5) is 0.0517. The quantitative estimate of drug-likeness (QED) is 0.888. The molecule has 0 atom stereocenters. The summed E-state index contributed by atoms with van der Waals surface area (Å²) in [7, 11) is -3.63. The fourth-order valence-corrected chi connectivity index (χ4v) is 3.38.